The number of aromatic nitrogens is 4. The van der Waals surface area contributed by atoms with E-state index in [1.807, 2.05) is 0 Å². The Bertz CT molecular complexity index is 1180. The summed E-state index contributed by atoms with van der Waals surface area (Å²) in [6.45, 7) is 0.922. The number of imidazole rings is 1. The lowest BCUT2D eigenvalue weighted by molar-refractivity contribution is 0.0704. The van der Waals surface area contributed by atoms with Crippen LogP contribution in [0.4, 0.5) is 8.78 Å². The maximum atomic E-state index is 13.6. The van der Waals surface area contributed by atoms with Crippen molar-refractivity contribution < 1.29 is 18.1 Å². The molecule has 30 heavy (non-hydrogen) atoms. The van der Waals surface area contributed by atoms with Gasteiger partial charge in [-0.2, -0.15) is 13.8 Å². The van der Waals surface area contributed by atoms with E-state index in [2.05, 4.69) is 20.4 Å². The van der Waals surface area contributed by atoms with Gasteiger partial charge in [0.25, 0.3) is 11.8 Å². The number of halogens is 2. The number of amides is 1. The number of carbonyl (C=O) groups is 1. The van der Waals surface area contributed by atoms with Gasteiger partial charge in [-0.05, 0) is 43.3 Å². The number of nitrogens with zero attached hydrogens (tertiary/aromatic N) is 4. The molecule has 0 aliphatic heterocycles. The van der Waals surface area contributed by atoms with E-state index >= 15 is 0 Å². The van der Waals surface area contributed by atoms with E-state index in [4.69, 9.17) is 4.52 Å². The van der Waals surface area contributed by atoms with Gasteiger partial charge in [0.15, 0.2) is 5.82 Å². The predicted molar refractivity (Wildman–Crippen MR) is 106 cm³/mol. The molecule has 7 nitrogen and oxygen atoms in total. The zero-order valence-electron chi connectivity index (χ0n) is 16.3. The Morgan fingerprint density at radius 1 is 1.13 bits per heavy atom. The number of fused-ring (bicyclic) bond motifs is 1. The number of hydrogen-bond acceptors (Lipinski definition) is 5. The third-order valence-electron chi connectivity index (χ3n) is 4.75. The van der Waals surface area contributed by atoms with E-state index in [1.165, 1.54) is 0 Å². The highest BCUT2D eigenvalue weighted by atomic mass is 19.3. The van der Waals surface area contributed by atoms with Crippen LogP contribution in [0, 0.1) is 6.92 Å². The van der Waals surface area contributed by atoms with Gasteiger partial charge in [-0.1, -0.05) is 24.2 Å². The fourth-order valence-corrected chi connectivity index (χ4v) is 3.23. The zero-order chi connectivity index (χ0) is 21.3. The lowest BCUT2D eigenvalue weighted by Gasteiger charge is -2.15. The van der Waals surface area contributed by atoms with Crippen LogP contribution in [0.25, 0.3) is 22.5 Å². The summed E-state index contributed by atoms with van der Waals surface area (Å²) in [7, 11) is 0. The van der Waals surface area contributed by atoms with Crippen molar-refractivity contribution in [3.05, 3.63) is 65.7 Å². The molecule has 4 aromatic rings. The number of carbonyl (C=O) groups excluding carboxylic acids is 1. The second kappa shape index (κ2) is 8.02. The topological polar surface area (TPSA) is 85.8 Å². The molecule has 2 heterocycles. The molecule has 1 atom stereocenters. The molecule has 0 saturated heterocycles. The minimum absolute atomic E-state index is 0.166. The first-order valence-electron chi connectivity index (χ1n) is 9.38. The average molecular weight is 411 g/mol. The smallest absolute Gasteiger partial charge is 0.320 e. The normalized spacial score (nSPS) is 12.4. The minimum Gasteiger partial charge on any atom is -0.351 e. The maximum Gasteiger partial charge on any atom is 0.320 e. The standard InChI is InChI=1S/C21H19F2N5O2/c1-12(18-26-16-5-3-4-6-17(16)28(18)21(22)23)11-24-19(29)14-7-9-15(10-8-14)20-25-13(2)27-30-20/h3-10,12,21H,11H2,1-2H3,(H,24,29)/t12-/m0/s1. The van der Waals surface area contributed by atoms with Gasteiger partial charge < -0.3 is 9.84 Å². The van der Waals surface area contributed by atoms with Crippen molar-refractivity contribution in [1.82, 2.24) is 25.0 Å². The lowest BCUT2D eigenvalue weighted by Crippen LogP contribution is -2.28. The SMILES string of the molecule is Cc1noc(-c2ccc(C(=O)NC[C@H](C)c3nc4ccccc4n3C(F)F)cc2)n1. The second-order valence-electron chi connectivity index (χ2n) is 6.94. The summed E-state index contributed by atoms with van der Waals surface area (Å²) in [6.07, 6.45) is 0. The molecule has 0 spiro atoms. The first kappa shape index (κ1) is 19.7. The summed E-state index contributed by atoms with van der Waals surface area (Å²) in [5, 5.41) is 6.52. The molecular formula is C21H19F2N5O2. The molecule has 0 radical (unpaired) electrons. The number of para-hydroxylation sites is 2. The molecule has 0 fully saturated rings. The number of aryl methyl sites for hydroxylation is 1. The Labute approximate surface area is 170 Å². The van der Waals surface area contributed by atoms with Gasteiger partial charge in [0.1, 0.15) is 5.82 Å². The third kappa shape index (κ3) is 3.78. The fourth-order valence-electron chi connectivity index (χ4n) is 3.23. The zero-order valence-corrected chi connectivity index (χ0v) is 16.3. The van der Waals surface area contributed by atoms with Crippen molar-refractivity contribution in [3.63, 3.8) is 0 Å². The fraction of sp³-hybridized carbons (Fsp3) is 0.238. The van der Waals surface area contributed by atoms with E-state index in [-0.39, 0.29) is 18.3 Å². The van der Waals surface area contributed by atoms with Crippen LogP contribution in [0.3, 0.4) is 0 Å². The summed E-state index contributed by atoms with van der Waals surface area (Å²) in [5.74, 6) is 0.411. The summed E-state index contributed by atoms with van der Waals surface area (Å²) in [5.41, 5.74) is 2.00. The molecule has 0 aliphatic rings. The first-order valence-corrected chi connectivity index (χ1v) is 9.38. The van der Waals surface area contributed by atoms with E-state index < -0.39 is 12.5 Å². The van der Waals surface area contributed by atoms with Crippen LogP contribution in [0.1, 0.15) is 41.4 Å². The number of alkyl halides is 2. The third-order valence-corrected chi connectivity index (χ3v) is 4.75. The molecule has 2 aromatic carbocycles. The van der Waals surface area contributed by atoms with Crippen LogP contribution in [-0.4, -0.2) is 32.1 Å². The van der Waals surface area contributed by atoms with Gasteiger partial charge in [-0.25, -0.2) is 4.98 Å². The molecular weight excluding hydrogens is 392 g/mol. The largest absolute Gasteiger partial charge is 0.351 e. The van der Waals surface area contributed by atoms with Crippen LogP contribution >= 0.6 is 0 Å². The molecule has 1 N–H and O–H groups in total. The number of hydrogen-bond donors (Lipinski definition) is 1. The van der Waals surface area contributed by atoms with Crippen molar-refractivity contribution in [2.24, 2.45) is 0 Å². The monoisotopic (exact) mass is 411 g/mol. The summed E-state index contributed by atoms with van der Waals surface area (Å²) < 4.78 is 33.2. The molecule has 154 valence electrons. The van der Waals surface area contributed by atoms with E-state index in [0.29, 0.717) is 33.9 Å². The van der Waals surface area contributed by atoms with Gasteiger partial charge in [0.05, 0.1) is 11.0 Å². The van der Waals surface area contributed by atoms with Crippen LogP contribution in [0.15, 0.2) is 53.1 Å². The quantitative estimate of drug-likeness (QED) is 0.511. The molecule has 0 saturated carbocycles. The Balaban J connectivity index is 1.46. The summed E-state index contributed by atoms with van der Waals surface area (Å²) in [4.78, 5) is 21.0. The Morgan fingerprint density at radius 3 is 2.53 bits per heavy atom. The van der Waals surface area contributed by atoms with Crippen molar-refractivity contribution in [3.8, 4) is 11.5 Å². The Kier molecular flexibility index (Phi) is 5.26. The Hall–Kier alpha value is -3.62. The van der Waals surface area contributed by atoms with Crippen LogP contribution in [0.2, 0.25) is 0 Å². The highest BCUT2D eigenvalue weighted by Gasteiger charge is 2.22. The summed E-state index contributed by atoms with van der Waals surface area (Å²) in [6, 6.07) is 13.4. The molecule has 2 aromatic heterocycles. The highest BCUT2D eigenvalue weighted by Crippen LogP contribution is 2.27. The van der Waals surface area contributed by atoms with E-state index in [1.54, 1.807) is 62.4 Å². The number of benzene rings is 2. The summed E-state index contributed by atoms with van der Waals surface area (Å²) >= 11 is 0. The van der Waals surface area contributed by atoms with Gasteiger partial charge in [0.2, 0.25) is 0 Å². The van der Waals surface area contributed by atoms with Crippen molar-refractivity contribution in [2.45, 2.75) is 26.3 Å². The average Bonchev–Trinajstić information content (AvgIpc) is 3.35. The minimum atomic E-state index is -2.72. The van der Waals surface area contributed by atoms with Gasteiger partial charge in [-0.15, -0.1) is 0 Å². The molecule has 9 heteroatoms. The molecule has 4 rings (SSSR count). The van der Waals surface area contributed by atoms with Gasteiger partial charge >= 0.3 is 6.55 Å². The maximum absolute atomic E-state index is 13.6. The first-order chi connectivity index (χ1) is 14.4. The van der Waals surface area contributed by atoms with Crippen LogP contribution in [0.5, 0.6) is 0 Å². The lowest BCUT2D eigenvalue weighted by atomic mass is 10.1. The van der Waals surface area contributed by atoms with Crippen LogP contribution in [-0.2, 0) is 0 Å². The van der Waals surface area contributed by atoms with Crippen LogP contribution < -0.4 is 5.32 Å². The molecule has 1 amide bonds. The number of nitrogens with one attached hydrogen (secondary N) is 1. The van der Waals surface area contributed by atoms with Gasteiger partial charge in [-0.3, -0.25) is 9.36 Å². The molecule has 0 bridgehead atoms. The van der Waals surface area contributed by atoms with E-state index in [0.717, 1.165) is 4.57 Å². The van der Waals surface area contributed by atoms with E-state index in [9.17, 15) is 13.6 Å². The Morgan fingerprint density at radius 2 is 1.87 bits per heavy atom. The van der Waals surface area contributed by atoms with Crippen molar-refractivity contribution >= 4 is 16.9 Å². The second-order valence-corrected chi connectivity index (χ2v) is 6.94. The van der Waals surface area contributed by atoms with Crippen molar-refractivity contribution in [2.75, 3.05) is 6.54 Å². The van der Waals surface area contributed by atoms with Gasteiger partial charge in [0, 0.05) is 23.6 Å². The molecule has 0 aliphatic carbocycles. The predicted octanol–water partition coefficient (Wildman–Crippen LogP) is 4.32. The van der Waals surface area contributed by atoms with Crippen molar-refractivity contribution in [1.29, 1.82) is 0 Å². The molecule has 0 unspecified atom stereocenters. The number of rotatable bonds is 6. The highest BCUT2D eigenvalue weighted by molar-refractivity contribution is 5.94.